The van der Waals surface area contributed by atoms with Crippen LogP contribution in [0.5, 0.6) is 5.75 Å². The molecule has 0 spiro atoms. The second-order valence-corrected chi connectivity index (χ2v) is 3.68. The molecule has 0 aliphatic carbocycles. The molecule has 1 heterocycles. The summed E-state index contributed by atoms with van der Waals surface area (Å²) >= 11 is 0. The second-order valence-electron chi connectivity index (χ2n) is 3.68. The highest BCUT2D eigenvalue weighted by molar-refractivity contribution is 5.94. The second kappa shape index (κ2) is 5.64. The van der Waals surface area contributed by atoms with E-state index in [1.807, 2.05) is 0 Å². The fourth-order valence-electron chi connectivity index (χ4n) is 1.63. The Hall–Kier alpha value is -2.51. The van der Waals surface area contributed by atoms with Crippen molar-refractivity contribution in [3.63, 3.8) is 0 Å². The summed E-state index contributed by atoms with van der Waals surface area (Å²) in [5, 5.41) is 9.45. The maximum absolute atomic E-state index is 14.0. The van der Waals surface area contributed by atoms with Gasteiger partial charge in [0.25, 0.3) is 0 Å². The molecule has 0 saturated carbocycles. The Morgan fingerprint density at radius 3 is 2.70 bits per heavy atom. The molecule has 0 radical (unpaired) electrons. The SMILES string of the molecule is CCOC(=O)c1n[nH]nc1-c1ccc(OC)c(F)c1F. The molecule has 1 N–H and O–H groups in total. The molecule has 0 amide bonds. The number of esters is 1. The molecular formula is C12H11F2N3O3. The molecule has 0 aliphatic heterocycles. The first-order chi connectivity index (χ1) is 9.60. The lowest BCUT2D eigenvalue weighted by Gasteiger charge is -2.06. The number of H-pyrrole nitrogens is 1. The first kappa shape index (κ1) is 13.9. The molecule has 8 heteroatoms. The first-order valence-corrected chi connectivity index (χ1v) is 5.70. The van der Waals surface area contributed by atoms with Gasteiger partial charge in [-0.3, -0.25) is 0 Å². The van der Waals surface area contributed by atoms with Crippen molar-refractivity contribution < 1.29 is 23.0 Å². The number of hydrogen-bond donors (Lipinski definition) is 1. The lowest BCUT2D eigenvalue weighted by molar-refractivity contribution is 0.0520. The van der Waals surface area contributed by atoms with E-state index in [0.717, 1.165) is 0 Å². The number of aromatic amines is 1. The molecule has 1 aromatic heterocycles. The smallest absolute Gasteiger partial charge is 0.361 e. The van der Waals surface area contributed by atoms with Gasteiger partial charge in [-0.25, -0.2) is 9.18 Å². The number of carbonyl (C=O) groups excluding carboxylic acids is 1. The van der Waals surface area contributed by atoms with Gasteiger partial charge < -0.3 is 9.47 Å². The normalized spacial score (nSPS) is 10.4. The Morgan fingerprint density at radius 2 is 2.05 bits per heavy atom. The van der Waals surface area contributed by atoms with Crippen LogP contribution in [0.15, 0.2) is 12.1 Å². The molecule has 0 fully saturated rings. The minimum Gasteiger partial charge on any atom is -0.494 e. The minimum absolute atomic E-state index is 0.123. The summed E-state index contributed by atoms with van der Waals surface area (Å²) < 4.78 is 37.0. The molecule has 0 aliphatic rings. The summed E-state index contributed by atoms with van der Waals surface area (Å²) in [6.07, 6.45) is 0. The van der Waals surface area contributed by atoms with Crippen molar-refractivity contribution in [2.24, 2.45) is 0 Å². The fraction of sp³-hybridized carbons (Fsp3) is 0.250. The zero-order valence-electron chi connectivity index (χ0n) is 10.7. The van der Waals surface area contributed by atoms with Gasteiger partial charge in [0.1, 0.15) is 5.69 Å². The van der Waals surface area contributed by atoms with Crippen molar-refractivity contribution in [2.45, 2.75) is 6.92 Å². The lowest BCUT2D eigenvalue weighted by Crippen LogP contribution is -2.07. The summed E-state index contributed by atoms with van der Waals surface area (Å²) in [5.74, 6) is -3.36. The number of ether oxygens (including phenoxy) is 2. The van der Waals surface area contributed by atoms with E-state index in [2.05, 4.69) is 20.1 Å². The number of methoxy groups -OCH3 is 1. The molecule has 0 saturated heterocycles. The zero-order valence-corrected chi connectivity index (χ0v) is 10.7. The van der Waals surface area contributed by atoms with E-state index in [0.29, 0.717) is 0 Å². The number of halogens is 2. The number of rotatable bonds is 4. The Balaban J connectivity index is 2.51. The number of hydrogen-bond acceptors (Lipinski definition) is 5. The van der Waals surface area contributed by atoms with Crippen LogP contribution >= 0.6 is 0 Å². The molecule has 2 rings (SSSR count). The Labute approximate surface area is 112 Å². The molecule has 20 heavy (non-hydrogen) atoms. The maximum atomic E-state index is 14.0. The number of nitrogens with zero attached hydrogens (tertiary/aromatic N) is 2. The van der Waals surface area contributed by atoms with Gasteiger partial charge in [-0.05, 0) is 19.1 Å². The predicted molar refractivity (Wildman–Crippen MR) is 64.2 cm³/mol. The number of carbonyl (C=O) groups is 1. The van der Waals surface area contributed by atoms with Crippen molar-refractivity contribution in [1.29, 1.82) is 0 Å². The Kier molecular flexibility index (Phi) is 3.92. The van der Waals surface area contributed by atoms with Gasteiger partial charge >= 0.3 is 5.97 Å². The van der Waals surface area contributed by atoms with Crippen LogP contribution in [0.3, 0.4) is 0 Å². The molecule has 106 valence electrons. The van der Waals surface area contributed by atoms with E-state index >= 15 is 0 Å². The van der Waals surface area contributed by atoms with Crippen LogP contribution in [-0.4, -0.2) is 35.1 Å². The van der Waals surface area contributed by atoms with Gasteiger partial charge in [0.05, 0.1) is 13.7 Å². The Bertz CT molecular complexity index is 643. The van der Waals surface area contributed by atoms with Gasteiger partial charge in [0.15, 0.2) is 17.3 Å². The van der Waals surface area contributed by atoms with E-state index in [9.17, 15) is 13.6 Å². The van der Waals surface area contributed by atoms with E-state index in [1.165, 1.54) is 19.2 Å². The van der Waals surface area contributed by atoms with E-state index in [4.69, 9.17) is 4.74 Å². The van der Waals surface area contributed by atoms with Gasteiger partial charge in [-0.1, -0.05) is 0 Å². The van der Waals surface area contributed by atoms with Gasteiger partial charge in [0, 0.05) is 5.56 Å². The molecule has 2 aromatic rings. The zero-order chi connectivity index (χ0) is 14.7. The standard InChI is InChI=1S/C12H11F2N3O3/c1-3-20-12(18)11-10(15-17-16-11)6-4-5-7(19-2)9(14)8(6)13/h4-5H,3H2,1-2H3,(H,15,16,17). The van der Waals surface area contributed by atoms with Crippen molar-refractivity contribution in [3.05, 3.63) is 29.5 Å². The summed E-state index contributed by atoms with van der Waals surface area (Å²) in [6.45, 7) is 1.75. The van der Waals surface area contributed by atoms with E-state index < -0.39 is 17.6 Å². The molecule has 0 atom stereocenters. The maximum Gasteiger partial charge on any atom is 0.361 e. The number of nitrogens with one attached hydrogen (secondary N) is 1. The number of aromatic nitrogens is 3. The van der Waals surface area contributed by atoms with Crippen LogP contribution in [0.1, 0.15) is 17.4 Å². The topological polar surface area (TPSA) is 77.1 Å². The molecule has 1 aromatic carbocycles. The average Bonchev–Trinajstić information content (AvgIpc) is 2.91. The van der Waals surface area contributed by atoms with Gasteiger partial charge in [-0.2, -0.15) is 14.7 Å². The summed E-state index contributed by atoms with van der Waals surface area (Å²) in [5.41, 5.74) is -0.544. The summed E-state index contributed by atoms with van der Waals surface area (Å²) in [7, 11) is 1.22. The van der Waals surface area contributed by atoms with Crippen LogP contribution in [0.4, 0.5) is 8.78 Å². The summed E-state index contributed by atoms with van der Waals surface area (Å²) in [4.78, 5) is 11.6. The minimum atomic E-state index is -1.18. The lowest BCUT2D eigenvalue weighted by atomic mass is 10.1. The quantitative estimate of drug-likeness (QED) is 0.868. The van der Waals surface area contributed by atoms with Crippen LogP contribution in [0, 0.1) is 11.6 Å². The van der Waals surface area contributed by atoms with Crippen molar-refractivity contribution in [2.75, 3.05) is 13.7 Å². The van der Waals surface area contributed by atoms with Crippen LogP contribution < -0.4 is 4.74 Å². The van der Waals surface area contributed by atoms with Crippen LogP contribution in [0.25, 0.3) is 11.3 Å². The average molecular weight is 283 g/mol. The molecule has 0 unspecified atom stereocenters. The van der Waals surface area contributed by atoms with Crippen molar-refractivity contribution in [1.82, 2.24) is 15.4 Å². The largest absolute Gasteiger partial charge is 0.494 e. The predicted octanol–water partition coefficient (Wildman–Crippen LogP) is 1.94. The highest BCUT2D eigenvalue weighted by Gasteiger charge is 2.24. The first-order valence-electron chi connectivity index (χ1n) is 5.70. The van der Waals surface area contributed by atoms with Crippen LogP contribution in [0.2, 0.25) is 0 Å². The highest BCUT2D eigenvalue weighted by Crippen LogP contribution is 2.29. The Morgan fingerprint density at radius 1 is 1.30 bits per heavy atom. The van der Waals surface area contributed by atoms with E-state index in [1.54, 1.807) is 6.92 Å². The fourth-order valence-corrected chi connectivity index (χ4v) is 1.63. The molecule has 6 nitrogen and oxygen atoms in total. The third-order valence-corrected chi connectivity index (χ3v) is 2.54. The van der Waals surface area contributed by atoms with Crippen molar-refractivity contribution >= 4 is 5.97 Å². The summed E-state index contributed by atoms with van der Waals surface area (Å²) in [6, 6.07) is 2.48. The third-order valence-electron chi connectivity index (χ3n) is 2.54. The van der Waals surface area contributed by atoms with Gasteiger partial charge in [0.2, 0.25) is 5.82 Å². The van der Waals surface area contributed by atoms with Crippen LogP contribution in [-0.2, 0) is 4.74 Å². The highest BCUT2D eigenvalue weighted by atomic mass is 19.2. The molecule has 0 bridgehead atoms. The number of benzene rings is 1. The van der Waals surface area contributed by atoms with Crippen molar-refractivity contribution in [3.8, 4) is 17.0 Å². The van der Waals surface area contributed by atoms with Gasteiger partial charge in [-0.15, -0.1) is 5.10 Å². The van der Waals surface area contributed by atoms with E-state index in [-0.39, 0.29) is 29.3 Å². The third kappa shape index (κ3) is 2.31. The molecular weight excluding hydrogens is 272 g/mol. The monoisotopic (exact) mass is 283 g/mol.